The number of hydrogen-bond donors (Lipinski definition) is 3. The molecule has 0 aliphatic rings. The molecule has 0 saturated carbocycles. The monoisotopic (exact) mass is 361 g/mol. The molecule has 2 aromatic heterocycles. The molecule has 0 aliphatic heterocycles. The average Bonchev–Trinajstić information content (AvgIpc) is 3.21. The summed E-state index contributed by atoms with van der Waals surface area (Å²) in [6, 6.07) is 14.5. The lowest BCUT2D eigenvalue weighted by Crippen LogP contribution is -2.18. The van der Waals surface area contributed by atoms with Gasteiger partial charge in [0.15, 0.2) is 0 Å². The Morgan fingerprint density at radius 3 is 2.59 bits per heavy atom. The van der Waals surface area contributed by atoms with E-state index in [-0.39, 0.29) is 11.7 Å². The summed E-state index contributed by atoms with van der Waals surface area (Å²) < 4.78 is 1.92. The molecule has 1 unspecified atom stereocenters. The third-order valence-electron chi connectivity index (χ3n) is 4.94. The largest absolute Gasteiger partial charge is 0.323 e. The fourth-order valence-electron chi connectivity index (χ4n) is 3.20. The third kappa shape index (κ3) is 3.57. The number of aromatic amines is 2. The molecule has 27 heavy (non-hydrogen) atoms. The van der Waals surface area contributed by atoms with Crippen LogP contribution < -0.4 is 11.0 Å². The summed E-state index contributed by atoms with van der Waals surface area (Å²) in [5, 5.41) is 8.18. The van der Waals surface area contributed by atoms with Crippen molar-refractivity contribution in [1.82, 2.24) is 25.1 Å². The fourth-order valence-corrected chi connectivity index (χ4v) is 3.20. The predicted octanol–water partition coefficient (Wildman–Crippen LogP) is 3.51. The molecule has 0 fully saturated rings. The van der Waals surface area contributed by atoms with E-state index in [1.807, 2.05) is 29.8 Å². The Hall–Kier alpha value is -3.12. The molecule has 4 rings (SSSR count). The highest BCUT2D eigenvalue weighted by Gasteiger charge is 2.10. The van der Waals surface area contributed by atoms with E-state index >= 15 is 0 Å². The van der Waals surface area contributed by atoms with Crippen LogP contribution in [-0.2, 0) is 6.54 Å². The Morgan fingerprint density at radius 1 is 1.07 bits per heavy atom. The molecule has 6 heteroatoms. The number of fused-ring (bicyclic) bond motifs is 1. The number of H-pyrrole nitrogens is 2. The van der Waals surface area contributed by atoms with Crippen LogP contribution in [0.1, 0.15) is 35.3 Å². The van der Waals surface area contributed by atoms with Crippen molar-refractivity contribution in [3.8, 4) is 5.69 Å². The highest BCUT2D eigenvalue weighted by Crippen LogP contribution is 2.19. The Kier molecular flexibility index (Phi) is 4.41. The summed E-state index contributed by atoms with van der Waals surface area (Å²) in [6.45, 7) is 6.95. The minimum absolute atomic E-state index is 0.148. The van der Waals surface area contributed by atoms with Gasteiger partial charge in [-0.3, -0.25) is 0 Å². The minimum atomic E-state index is -0.179. The summed E-state index contributed by atoms with van der Waals surface area (Å²) in [5.41, 5.74) is 7.08. The van der Waals surface area contributed by atoms with Crippen molar-refractivity contribution in [2.45, 2.75) is 33.4 Å². The molecule has 3 N–H and O–H groups in total. The summed E-state index contributed by atoms with van der Waals surface area (Å²) in [4.78, 5) is 17.0. The van der Waals surface area contributed by atoms with E-state index in [1.165, 1.54) is 11.1 Å². The molecule has 1 atom stereocenters. The van der Waals surface area contributed by atoms with E-state index < -0.39 is 0 Å². The lowest BCUT2D eigenvalue weighted by atomic mass is 10.1. The van der Waals surface area contributed by atoms with Gasteiger partial charge in [0.25, 0.3) is 0 Å². The molecule has 6 nitrogen and oxygen atoms in total. The summed E-state index contributed by atoms with van der Waals surface area (Å²) in [7, 11) is 0. The van der Waals surface area contributed by atoms with Crippen molar-refractivity contribution in [2.75, 3.05) is 0 Å². The van der Waals surface area contributed by atoms with Crippen LogP contribution in [-0.4, -0.2) is 19.7 Å². The second kappa shape index (κ2) is 6.89. The Labute approximate surface area is 157 Å². The fraction of sp³-hybridized carbons (Fsp3) is 0.238. The molecule has 2 aromatic carbocycles. The molecule has 4 aromatic rings. The quantitative estimate of drug-likeness (QED) is 0.509. The summed E-state index contributed by atoms with van der Waals surface area (Å²) in [6.07, 6.45) is 2.08. The van der Waals surface area contributed by atoms with Crippen LogP contribution in [0.3, 0.4) is 0 Å². The number of aromatic nitrogens is 4. The van der Waals surface area contributed by atoms with Crippen molar-refractivity contribution >= 4 is 11.0 Å². The summed E-state index contributed by atoms with van der Waals surface area (Å²) in [5.74, 6) is 0. The highest BCUT2D eigenvalue weighted by molar-refractivity contribution is 5.75. The maximum absolute atomic E-state index is 11.4. The Morgan fingerprint density at radius 2 is 1.81 bits per heavy atom. The van der Waals surface area contributed by atoms with Crippen LogP contribution in [0.2, 0.25) is 0 Å². The predicted molar refractivity (Wildman–Crippen MR) is 107 cm³/mol. The summed E-state index contributed by atoms with van der Waals surface area (Å²) >= 11 is 0. The number of nitrogens with zero attached hydrogens (tertiary/aromatic N) is 2. The maximum Gasteiger partial charge on any atom is 0.323 e. The van der Waals surface area contributed by atoms with Crippen LogP contribution in [0.5, 0.6) is 0 Å². The Bertz CT molecular complexity index is 1130. The van der Waals surface area contributed by atoms with Gasteiger partial charge in [0.1, 0.15) is 0 Å². The second-order valence-electron chi connectivity index (χ2n) is 7.01. The van der Waals surface area contributed by atoms with Crippen molar-refractivity contribution in [3.63, 3.8) is 0 Å². The van der Waals surface area contributed by atoms with Gasteiger partial charge in [-0.15, -0.1) is 0 Å². The molecule has 0 radical (unpaired) electrons. The standard InChI is InChI=1S/C21H23N5O/c1-13-4-7-18(8-5-13)26-12-17(15(3)25-26)11-22-14(2)16-6-9-19-20(10-16)24-21(27)23-19/h4-10,12,14,22H,11H2,1-3H3,(H2,23,24,27). The van der Waals surface area contributed by atoms with Gasteiger partial charge >= 0.3 is 5.69 Å². The first-order valence-corrected chi connectivity index (χ1v) is 9.07. The molecule has 138 valence electrons. The smallest absolute Gasteiger partial charge is 0.306 e. The van der Waals surface area contributed by atoms with Gasteiger partial charge in [-0.05, 0) is 50.6 Å². The van der Waals surface area contributed by atoms with E-state index in [0.29, 0.717) is 0 Å². The SMILES string of the molecule is Cc1ccc(-n2cc(CNC(C)c3ccc4[nH]c(=O)[nH]c4c3)c(C)n2)cc1. The van der Waals surface area contributed by atoms with Gasteiger partial charge in [0.2, 0.25) is 0 Å². The zero-order valence-corrected chi connectivity index (χ0v) is 15.7. The average molecular weight is 361 g/mol. The minimum Gasteiger partial charge on any atom is -0.306 e. The first-order valence-electron chi connectivity index (χ1n) is 9.07. The molecule has 2 heterocycles. The Balaban J connectivity index is 1.48. The van der Waals surface area contributed by atoms with Crippen molar-refractivity contribution in [3.05, 3.63) is 81.5 Å². The van der Waals surface area contributed by atoms with Crippen molar-refractivity contribution < 1.29 is 0 Å². The molecule has 0 saturated heterocycles. The van der Waals surface area contributed by atoms with Crippen LogP contribution >= 0.6 is 0 Å². The number of rotatable bonds is 5. The van der Waals surface area contributed by atoms with E-state index in [9.17, 15) is 4.79 Å². The number of aryl methyl sites for hydroxylation is 2. The van der Waals surface area contributed by atoms with E-state index in [4.69, 9.17) is 0 Å². The van der Waals surface area contributed by atoms with Crippen molar-refractivity contribution in [2.24, 2.45) is 0 Å². The number of imidazole rings is 1. The van der Waals surface area contributed by atoms with Crippen LogP contribution in [0.25, 0.3) is 16.7 Å². The van der Waals surface area contributed by atoms with E-state index in [1.54, 1.807) is 0 Å². The van der Waals surface area contributed by atoms with Crippen LogP contribution in [0, 0.1) is 13.8 Å². The molecular formula is C21H23N5O. The van der Waals surface area contributed by atoms with Gasteiger partial charge in [-0.2, -0.15) is 5.10 Å². The highest BCUT2D eigenvalue weighted by atomic mass is 16.1. The molecule has 0 spiro atoms. The van der Waals surface area contributed by atoms with Gasteiger partial charge < -0.3 is 15.3 Å². The molecule has 0 amide bonds. The van der Waals surface area contributed by atoms with Crippen LogP contribution in [0.15, 0.2) is 53.5 Å². The topological polar surface area (TPSA) is 78.5 Å². The zero-order chi connectivity index (χ0) is 19.0. The lowest BCUT2D eigenvalue weighted by Gasteiger charge is -2.14. The second-order valence-corrected chi connectivity index (χ2v) is 7.01. The number of hydrogen-bond acceptors (Lipinski definition) is 3. The van der Waals surface area contributed by atoms with Gasteiger partial charge in [-0.1, -0.05) is 23.8 Å². The first kappa shape index (κ1) is 17.3. The van der Waals surface area contributed by atoms with Gasteiger partial charge in [0, 0.05) is 24.3 Å². The third-order valence-corrected chi connectivity index (χ3v) is 4.94. The number of nitrogens with one attached hydrogen (secondary N) is 3. The van der Waals surface area contributed by atoms with Gasteiger partial charge in [-0.25, -0.2) is 9.48 Å². The normalized spacial score (nSPS) is 12.6. The lowest BCUT2D eigenvalue weighted by molar-refractivity contribution is 0.574. The zero-order valence-electron chi connectivity index (χ0n) is 15.7. The maximum atomic E-state index is 11.4. The van der Waals surface area contributed by atoms with E-state index in [0.717, 1.165) is 34.5 Å². The van der Waals surface area contributed by atoms with E-state index in [2.05, 4.69) is 64.7 Å². The number of benzene rings is 2. The molecule has 0 aliphatic carbocycles. The molecule has 0 bridgehead atoms. The molecular weight excluding hydrogens is 338 g/mol. The van der Waals surface area contributed by atoms with Crippen molar-refractivity contribution in [1.29, 1.82) is 0 Å². The van der Waals surface area contributed by atoms with Crippen LogP contribution in [0.4, 0.5) is 0 Å². The first-order chi connectivity index (χ1) is 13.0. The van der Waals surface area contributed by atoms with Gasteiger partial charge in [0.05, 0.1) is 22.4 Å².